The van der Waals surface area contributed by atoms with E-state index in [1.165, 1.54) is 10.4 Å². The van der Waals surface area contributed by atoms with Crippen LogP contribution in [0.25, 0.3) is 0 Å². The fraction of sp³-hybridized carbons (Fsp3) is 0.600. The summed E-state index contributed by atoms with van der Waals surface area (Å²) in [6.45, 7) is 3.28. The van der Waals surface area contributed by atoms with Crippen LogP contribution in [0.4, 0.5) is 0 Å². The van der Waals surface area contributed by atoms with Crippen molar-refractivity contribution in [3.63, 3.8) is 0 Å². The van der Waals surface area contributed by atoms with Crippen molar-refractivity contribution >= 4 is 23.2 Å². The number of nitrogens with zero attached hydrogens (tertiary/aromatic N) is 1. The predicted octanol–water partition coefficient (Wildman–Crippen LogP) is 0.891. The predicted molar refractivity (Wildman–Crippen MR) is 82.1 cm³/mol. The molecule has 2 aliphatic rings. The van der Waals surface area contributed by atoms with Gasteiger partial charge in [0.2, 0.25) is 11.8 Å². The maximum atomic E-state index is 12.2. The van der Waals surface area contributed by atoms with Gasteiger partial charge in [0, 0.05) is 43.4 Å². The second-order valence-corrected chi connectivity index (χ2v) is 6.69. The van der Waals surface area contributed by atoms with Crippen LogP contribution in [0.15, 0.2) is 11.4 Å². The first-order valence-corrected chi connectivity index (χ1v) is 8.43. The van der Waals surface area contributed by atoms with Crippen molar-refractivity contribution in [3.05, 3.63) is 21.9 Å². The van der Waals surface area contributed by atoms with Crippen molar-refractivity contribution in [3.8, 4) is 0 Å². The van der Waals surface area contributed by atoms with Crippen LogP contribution in [0, 0.1) is 0 Å². The van der Waals surface area contributed by atoms with Crippen LogP contribution in [0.5, 0.6) is 0 Å². The van der Waals surface area contributed by atoms with Gasteiger partial charge in [0.15, 0.2) is 0 Å². The van der Waals surface area contributed by atoms with Crippen LogP contribution >= 0.6 is 11.3 Å². The number of thiophene rings is 1. The molecule has 114 valence electrons. The van der Waals surface area contributed by atoms with Gasteiger partial charge in [0.1, 0.15) is 0 Å². The molecule has 1 aromatic rings. The summed E-state index contributed by atoms with van der Waals surface area (Å²) in [5, 5.41) is 8.28. The Hall–Kier alpha value is -1.40. The smallest absolute Gasteiger partial charge is 0.223 e. The topological polar surface area (TPSA) is 61.4 Å². The molecular formula is C15H21N3O2S. The largest absolute Gasteiger partial charge is 0.352 e. The van der Waals surface area contributed by atoms with E-state index in [1.54, 1.807) is 11.3 Å². The van der Waals surface area contributed by atoms with Crippen LogP contribution in [0.1, 0.15) is 29.7 Å². The molecule has 1 unspecified atom stereocenters. The van der Waals surface area contributed by atoms with E-state index in [-0.39, 0.29) is 17.9 Å². The molecule has 0 spiro atoms. The summed E-state index contributed by atoms with van der Waals surface area (Å²) in [7, 11) is 0. The zero-order chi connectivity index (χ0) is 14.7. The molecule has 1 atom stereocenters. The lowest BCUT2D eigenvalue weighted by Gasteiger charge is -2.27. The third kappa shape index (κ3) is 3.63. The Kier molecular flexibility index (Phi) is 4.55. The average molecular weight is 307 g/mol. The minimum Gasteiger partial charge on any atom is -0.352 e. The maximum absolute atomic E-state index is 12.2. The highest BCUT2D eigenvalue weighted by Gasteiger charge is 2.22. The Balaban J connectivity index is 1.43. The van der Waals surface area contributed by atoms with Gasteiger partial charge in [-0.1, -0.05) is 0 Å². The lowest BCUT2D eigenvalue weighted by Crippen LogP contribution is -2.38. The summed E-state index contributed by atoms with van der Waals surface area (Å²) in [4.78, 5) is 27.3. The summed E-state index contributed by atoms with van der Waals surface area (Å²) in [6.07, 6.45) is 2.53. The van der Waals surface area contributed by atoms with Crippen LogP contribution in [-0.4, -0.2) is 42.4 Å². The van der Waals surface area contributed by atoms with E-state index in [0.29, 0.717) is 19.4 Å². The van der Waals surface area contributed by atoms with Crippen LogP contribution in [-0.2, 0) is 22.6 Å². The van der Waals surface area contributed by atoms with Crippen molar-refractivity contribution in [2.24, 2.45) is 0 Å². The van der Waals surface area contributed by atoms with Gasteiger partial charge in [-0.25, -0.2) is 0 Å². The standard InChI is InChI=1S/C15H21N3O2S/c19-14(17-12-3-6-16-9-12)1-2-15(20)18-7-4-13-11(10-18)5-8-21-13/h5,8,12,16H,1-4,6-7,9-10H2,(H,17,19). The minimum atomic E-state index is -0.00900. The molecule has 0 radical (unpaired) electrons. The number of amides is 2. The SMILES string of the molecule is O=C(CCC(=O)N1CCc2sccc2C1)NC1CCNC1. The highest BCUT2D eigenvalue weighted by atomic mass is 32.1. The lowest BCUT2D eigenvalue weighted by molar-refractivity contribution is -0.134. The number of hydrogen-bond donors (Lipinski definition) is 2. The van der Waals surface area contributed by atoms with Crippen molar-refractivity contribution in [2.45, 2.75) is 38.3 Å². The van der Waals surface area contributed by atoms with Gasteiger partial charge >= 0.3 is 0 Å². The number of hydrogen-bond acceptors (Lipinski definition) is 4. The molecule has 5 nitrogen and oxygen atoms in total. The molecule has 2 amide bonds. The molecule has 3 heterocycles. The van der Waals surface area contributed by atoms with Crippen LogP contribution in [0.2, 0.25) is 0 Å². The Morgan fingerprint density at radius 1 is 1.43 bits per heavy atom. The van der Waals surface area contributed by atoms with Gasteiger partial charge in [-0.15, -0.1) is 11.3 Å². The van der Waals surface area contributed by atoms with Crippen LogP contribution < -0.4 is 10.6 Å². The molecule has 21 heavy (non-hydrogen) atoms. The molecule has 3 rings (SSSR count). The number of carbonyl (C=O) groups excluding carboxylic acids is 2. The van der Waals surface area contributed by atoms with E-state index in [0.717, 1.165) is 32.5 Å². The van der Waals surface area contributed by atoms with Gasteiger partial charge < -0.3 is 15.5 Å². The van der Waals surface area contributed by atoms with E-state index in [2.05, 4.69) is 22.1 Å². The molecule has 0 saturated carbocycles. The fourth-order valence-corrected chi connectivity index (χ4v) is 3.81. The third-order valence-electron chi connectivity index (χ3n) is 4.15. The number of carbonyl (C=O) groups is 2. The molecular weight excluding hydrogens is 286 g/mol. The summed E-state index contributed by atoms with van der Waals surface area (Å²) >= 11 is 1.77. The third-order valence-corrected chi connectivity index (χ3v) is 5.17. The second-order valence-electron chi connectivity index (χ2n) is 5.69. The van der Waals surface area contributed by atoms with E-state index >= 15 is 0 Å². The molecule has 0 bridgehead atoms. The quantitative estimate of drug-likeness (QED) is 0.868. The molecule has 1 fully saturated rings. The summed E-state index contributed by atoms with van der Waals surface area (Å²) in [6, 6.07) is 2.33. The zero-order valence-corrected chi connectivity index (χ0v) is 12.9. The molecule has 2 N–H and O–H groups in total. The van der Waals surface area contributed by atoms with Crippen molar-refractivity contribution in [2.75, 3.05) is 19.6 Å². The lowest BCUT2D eigenvalue weighted by atomic mass is 10.1. The van der Waals surface area contributed by atoms with E-state index in [1.807, 2.05) is 4.90 Å². The number of nitrogens with one attached hydrogen (secondary N) is 2. The first-order valence-electron chi connectivity index (χ1n) is 7.55. The van der Waals surface area contributed by atoms with E-state index in [9.17, 15) is 9.59 Å². The summed E-state index contributed by atoms with van der Waals surface area (Å²) in [5.74, 6) is 0.0804. The highest BCUT2D eigenvalue weighted by Crippen LogP contribution is 2.24. The number of rotatable bonds is 4. The fourth-order valence-electron chi connectivity index (χ4n) is 2.92. The van der Waals surface area contributed by atoms with Gasteiger partial charge in [-0.2, -0.15) is 0 Å². The van der Waals surface area contributed by atoms with Crippen molar-refractivity contribution in [1.82, 2.24) is 15.5 Å². The normalized spacial score (nSPS) is 21.1. The van der Waals surface area contributed by atoms with Gasteiger partial charge in [-0.05, 0) is 36.4 Å². The molecule has 1 saturated heterocycles. The zero-order valence-electron chi connectivity index (χ0n) is 12.1. The van der Waals surface area contributed by atoms with E-state index in [4.69, 9.17) is 0 Å². The highest BCUT2D eigenvalue weighted by molar-refractivity contribution is 7.10. The monoisotopic (exact) mass is 307 g/mol. The summed E-state index contributed by atoms with van der Waals surface area (Å²) in [5.41, 5.74) is 1.26. The average Bonchev–Trinajstić information content (AvgIpc) is 3.14. The first-order chi connectivity index (χ1) is 10.2. The minimum absolute atomic E-state index is 0.00900. The molecule has 0 aromatic carbocycles. The van der Waals surface area contributed by atoms with Gasteiger partial charge in [0.05, 0.1) is 0 Å². The molecule has 6 heteroatoms. The maximum Gasteiger partial charge on any atom is 0.223 e. The number of fused-ring (bicyclic) bond motifs is 1. The Morgan fingerprint density at radius 2 is 2.33 bits per heavy atom. The van der Waals surface area contributed by atoms with E-state index < -0.39 is 0 Å². The Morgan fingerprint density at radius 3 is 3.14 bits per heavy atom. The van der Waals surface area contributed by atoms with Crippen LogP contribution in [0.3, 0.4) is 0 Å². The Bertz CT molecular complexity index is 523. The molecule has 1 aromatic heterocycles. The van der Waals surface area contributed by atoms with Crippen molar-refractivity contribution in [1.29, 1.82) is 0 Å². The van der Waals surface area contributed by atoms with Crippen molar-refractivity contribution < 1.29 is 9.59 Å². The van der Waals surface area contributed by atoms with Gasteiger partial charge in [0.25, 0.3) is 0 Å². The Labute approximate surface area is 128 Å². The first kappa shape index (κ1) is 14.5. The van der Waals surface area contributed by atoms with Gasteiger partial charge in [-0.3, -0.25) is 9.59 Å². The second kappa shape index (κ2) is 6.58. The molecule has 2 aliphatic heterocycles. The molecule has 0 aliphatic carbocycles. The summed E-state index contributed by atoms with van der Waals surface area (Å²) < 4.78 is 0.